The number of anilines is 2. The normalized spacial score (nSPS) is 19.0. The first-order chi connectivity index (χ1) is 20.8. The van der Waals surface area contributed by atoms with Gasteiger partial charge in [-0.2, -0.15) is 4.98 Å². The molecule has 1 N–H and O–H groups in total. The van der Waals surface area contributed by atoms with Crippen molar-refractivity contribution in [3.8, 4) is 22.7 Å². The minimum absolute atomic E-state index is 0.0618. The molecule has 0 radical (unpaired) electrons. The lowest BCUT2D eigenvalue weighted by Crippen LogP contribution is -2.49. The number of nitrogens with one attached hydrogen (secondary N) is 1. The molecule has 5 heterocycles. The highest BCUT2D eigenvalue weighted by atomic mass is 19.1. The summed E-state index contributed by atoms with van der Waals surface area (Å²) in [4.78, 5) is 43.9. The molecule has 3 aliphatic rings. The zero-order valence-corrected chi connectivity index (χ0v) is 23.7. The van der Waals surface area contributed by atoms with Crippen molar-refractivity contribution in [2.24, 2.45) is 0 Å². The predicted octanol–water partition coefficient (Wildman–Crippen LogP) is 4.02. The van der Waals surface area contributed by atoms with Crippen molar-refractivity contribution in [3.05, 3.63) is 77.0 Å². The fraction of sp³-hybridized carbons (Fsp3) is 0.323. The van der Waals surface area contributed by atoms with Crippen LogP contribution in [-0.4, -0.2) is 68.7 Å². The molecule has 12 heteroatoms. The molecule has 7 rings (SSSR count). The lowest BCUT2D eigenvalue weighted by Gasteiger charge is -2.35. The fourth-order valence-corrected chi connectivity index (χ4v) is 6.21. The van der Waals surface area contributed by atoms with E-state index >= 15 is 8.78 Å². The van der Waals surface area contributed by atoms with Crippen molar-refractivity contribution >= 4 is 28.4 Å². The van der Waals surface area contributed by atoms with Crippen molar-refractivity contribution in [1.82, 2.24) is 24.4 Å². The summed E-state index contributed by atoms with van der Waals surface area (Å²) in [5.74, 6) is -1.32. The molecular weight excluding hydrogens is 556 g/mol. The monoisotopic (exact) mass is 585 g/mol. The van der Waals surface area contributed by atoms with E-state index in [1.165, 1.54) is 28.8 Å². The number of piperazine rings is 1. The number of halogens is 2. The van der Waals surface area contributed by atoms with E-state index in [2.05, 4.69) is 26.8 Å². The Morgan fingerprint density at radius 3 is 2.79 bits per heavy atom. The molecular formula is C31H29F2N7O3. The quantitative estimate of drug-likeness (QED) is 0.360. The lowest BCUT2D eigenvalue weighted by atomic mass is 10.1. The first-order valence-corrected chi connectivity index (χ1v) is 14.3. The Morgan fingerprint density at radius 1 is 1.16 bits per heavy atom. The molecule has 2 bridgehead atoms. The van der Waals surface area contributed by atoms with Gasteiger partial charge in [-0.1, -0.05) is 26.5 Å². The minimum Gasteiger partial charge on any atom is -0.491 e. The fourth-order valence-electron chi connectivity index (χ4n) is 6.21. The van der Waals surface area contributed by atoms with Crippen molar-refractivity contribution in [2.45, 2.75) is 38.3 Å². The van der Waals surface area contributed by atoms with Crippen LogP contribution in [0.25, 0.3) is 28.0 Å². The molecule has 0 spiro atoms. The highest BCUT2D eigenvalue weighted by molar-refractivity contribution is 5.92. The van der Waals surface area contributed by atoms with Gasteiger partial charge in [0.05, 0.1) is 40.1 Å². The van der Waals surface area contributed by atoms with Gasteiger partial charge in [0.2, 0.25) is 5.91 Å². The smallest absolute Gasteiger partial charge is 0.355 e. The molecule has 1 amide bonds. The molecule has 4 aromatic rings. The average Bonchev–Trinajstić information content (AvgIpc) is 3.79. The molecule has 1 saturated heterocycles. The third-order valence-electron chi connectivity index (χ3n) is 8.25. The Bertz CT molecular complexity index is 1870. The molecule has 1 saturated carbocycles. The van der Waals surface area contributed by atoms with Crippen LogP contribution in [0, 0.1) is 11.6 Å². The van der Waals surface area contributed by atoms with Crippen molar-refractivity contribution in [1.29, 1.82) is 0 Å². The van der Waals surface area contributed by atoms with Gasteiger partial charge < -0.3 is 19.9 Å². The first-order valence-electron chi connectivity index (χ1n) is 14.3. The van der Waals surface area contributed by atoms with Crippen LogP contribution < -0.4 is 20.6 Å². The standard InChI is InChI=1S/C31H29F2N7O3/c1-4-24(41)38-11-12-39(22-15-21(22)38)29-17-14-19(33)27-25-18(32)6-5-7-23(25)43-13-10-34-20-8-9-35-26(16(2)3)28(20)40(30(17)36-27)31(42)37-29/h4-9,14,16,21-22,34H,1,10-13,15H2,2-3H3/t21-,22+/m0/s1. The van der Waals surface area contributed by atoms with E-state index in [9.17, 15) is 9.59 Å². The van der Waals surface area contributed by atoms with Crippen LogP contribution in [0.3, 0.4) is 0 Å². The number of nitrogens with zero attached hydrogens (tertiary/aromatic N) is 6. The SMILES string of the molecule is C=CC(=O)N1CCN(c2nc(=O)n3c4nc(c(F)cc24)-c2c(F)cccc2OCCNc2ccnc(C(C)C)c2-3)[C@@H]2C[C@@H]21. The molecule has 2 aliphatic heterocycles. The van der Waals surface area contributed by atoms with Gasteiger partial charge in [0, 0.05) is 25.8 Å². The first kappa shape index (κ1) is 27.0. The van der Waals surface area contributed by atoms with E-state index in [-0.39, 0.29) is 64.4 Å². The molecule has 2 fully saturated rings. The number of carbonyl (C=O) groups is 1. The minimum atomic E-state index is -0.783. The number of rotatable bonds is 3. The van der Waals surface area contributed by atoms with Crippen LogP contribution in [0.5, 0.6) is 5.75 Å². The number of ether oxygens (including phenoxy) is 1. The lowest BCUT2D eigenvalue weighted by molar-refractivity contribution is -0.126. The van der Waals surface area contributed by atoms with E-state index in [4.69, 9.17) is 4.74 Å². The Morgan fingerprint density at radius 2 is 2.00 bits per heavy atom. The van der Waals surface area contributed by atoms with Gasteiger partial charge >= 0.3 is 5.69 Å². The summed E-state index contributed by atoms with van der Waals surface area (Å²) in [6, 6.07) is 7.13. The van der Waals surface area contributed by atoms with Gasteiger partial charge in [0.15, 0.2) is 11.5 Å². The van der Waals surface area contributed by atoms with Crippen molar-refractivity contribution < 1.29 is 18.3 Å². The Hall–Kier alpha value is -4.87. The molecule has 0 unspecified atom stereocenters. The molecule has 10 nitrogen and oxygen atoms in total. The summed E-state index contributed by atoms with van der Waals surface area (Å²) < 4.78 is 38.7. The van der Waals surface area contributed by atoms with Crippen LogP contribution in [0.2, 0.25) is 0 Å². The van der Waals surface area contributed by atoms with E-state index in [1.807, 2.05) is 18.7 Å². The summed E-state index contributed by atoms with van der Waals surface area (Å²) in [6.07, 6.45) is 3.63. The van der Waals surface area contributed by atoms with Crippen LogP contribution in [0.1, 0.15) is 31.9 Å². The number of fused-ring (bicyclic) bond motifs is 6. The second-order valence-corrected chi connectivity index (χ2v) is 11.2. The van der Waals surface area contributed by atoms with E-state index < -0.39 is 17.3 Å². The molecule has 220 valence electrons. The van der Waals surface area contributed by atoms with Crippen molar-refractivity contribution in [3.63, 3.8) is 0 Å². The number of amides is 1. The average molecular weight is 586 g/mol. The van der Waals surface area contributed by atoms with E-state index in [1.54, 1.807) is 23.2 Å². The van der Waals surface area contributed by atoms with Gasteiger partial charge in [-0.25, -0.2) is 23.1 Å². The topological polar surface area (TPSA) is 105 Å². The van der Waals surface area contributed by atoms with E-state index in [0.717, 1.165) is 0 Å². The summed E-state index contributed by atoms with van der Waals surface area (Å²) in [5, 5.41) is 3.61. The highest BCUT2D eigenvalue weighted by Crippen LogP contribution is 2.42. The molecule has 1 aliphatic carbocycles. The van der Waals surface area contributed by atoms with Gasteiger partial charge in [-0.05, 0) is 42.7 Å². The maximum Gasteiger partial charge on any atom is 0.355 e. The maximum atomic E-state index is 16.1. The molecule has 43 heavy (non-hydrogen) atoms. The van der Waals surface area contributed by atoms with Gasteiger partial charge in [0.25, 0.3) is 0 Å². The number of aromatic nitrogens is 4. The predicted molar refractivity (Wildman–Crippen MR) is 158 cm³/mol. The summed E-state index contributed by atoms with van der Waals surface area (Å²) >= 11 is 0. The Balaban J connectivity index is 1.53. The molecule has 3 aromatic heterocycles. The third kappa shape index (κ3) is 4.31. The van der Waals surface area contributed by atoms with Gasteiger partial charge in [-0.15, -0.1) is 0 Å². The number of benzene rings is 1. The Labute approximate surface area is 245 Å². The molecule has 1 aromatic carbocycles. The third-order valence-corrected chi connectivity index (χ3v) is 8.25. The van der Waals surface area contributed by atoms with Crippen LogP contribution in [0.15, 0.2) is 54.0 Å². The summed E-state index contributed by atoms with van der Waals surface area (Å²) in [7, 11) is 0. The van der Waals surface area contributed by atoms with Crippen LogP contribution in [-0.2, 0) is 4.79 Å². The largest absolute Gasteiger partial charge is 0.491 e. The number of carbonyl (C=O) groups excluding carboxylic acids is 1. The maximum absolute atomic E-state index is 16.1. The number of hydrogen-bond donors (Lipinski definition) is 1. The zero-order chi connectivity index (χ0) is 30.0. The highest BCUT2D eigenvalue weighted by Gasteiger charge is 2.51. The number of pyridine rings is 2. The van der Waals surface area contributed by atoms with Crippen LogP contribution in [0.4, 0.5) is 20.3 Å². The summed E-state index contributed by atoms with van der Waals surface area (Å²) in [6.45, 7) is 8.75. The van der Waals surface area contributed by atoms with Gasteiger partial charge in [0.1, 0.15) is 29.7 Å². The second-order valence-electron chi connectivity index (χ2n) is 11.2. The molecule has 2 atom stereocenters. The van der Waals surface area contributed by atoms with Gasteiger partial charge in [-0.3, -0.25) is 9.78 Å². The second kappa shape index (κ2) is 10.1. The van der Waals surface area contributed by atoms with Crippen molar-refractivity contribution in [2.75, 3.05) is 36.5 Å². The summed E-state index contributed by atoms with van der Waals surface area (Å²) in [5.41, 5.74) is 0.730. The van der Waals surface area contributed by atoms with Crippen LogP contribution >= 0.6 is 0 Å². The zero-order valence-electron chi connectivity index (χ0n) is 23.7. The Kier molecular flexibility index (Phi) is 6.37. The van der Waals surface area contributed by atoms with E-state index in [0.29, 0.717) is 43.1 Å². The number of hydrogen-bond acceptors (Lipinski definition) is 8.